The summed E-state index contributed by atoms with van der Waals surface area (Å²) in [4.78, 5) is 13.5. The lowest BCUT2D eigenvalue weighted by atomic mass is 10.0. The SMILES string of the molecule is C[C@@H](COc1ncc(N=C(c2ccccc2)c2ccccc2)cn1)O[Si](C)(C)C(C)(C)C. The smallest absolute Gasteiger partial charge is 0.316 e. The number of benzene rings is 2. The molecule has 0 saturated carbocycles. The second kappa shape index (κ2) is 10.2. The standard InChI is InChI=1S/C26H33N3O2Si/c1-20(31-32(5,6)26(2,3)4)19-30-25-27-17-23(18-28-25)29-24(21-13-9-7-10-14-21)22-15-11-8-12-16-22/h7-18,20H,19H2,1-6H3/t20-/m0/s1. The van der Waals surface area contributed by atoms with E-state index in [1.54, 1.807) is 12.4 Å². The van der Waals surface area contributed by atoms with Gasteiger partial charge in [0.1, 0.15) is 12.3 Å². The monoisotopic (exact) mass is 447 g/mol. The van der Waals surface area contributed by atoms with Crippen molar-refractivity contribution in [1.29, 1.82) is 0 Å². The van der Waals surface area contributed by atoms with Crippen LogP contribution in [0.1, 0.15) is 38.8 Å². The third kappa shape index (κ3) is 6.34. The Morgan fingerprint density at radius 1 is 0.906 bits per heavy atom. The maximum absolute atomic E-state index is 6.33. The predicted octanol–water partition coefficient (Wildman–Crippen LogP) is 6.43. The molecule has 0 saturated heterocycles. The minimum absolute atomic E-state index is 0.0278. The van der Waals surface area contributed by atoms with E-state index in [2.05, 4.69) is 43.8 Å². The van der Waals surface area contributed by atoms with Crippen LogP contribution in [0.2, 0.25) is 18.1 Å². The molecule has 5 nitrogen and oxygen atoms in total. The molecule has 1 aromatic heterocycles. The van der Waals surface area contributed by atoms with Gasteiger partial charge in [-0.3, -0.25) is 0 Å². The van der Waals surface area contributed by atoms with Gasteiger partial charge in [0, 0.05) is 11.1 Å². The summed E-state index contributed by atoms with van der Waals surface area (Å²) in [6.07, 6.45) is 3.35. The van der Waals surface area contributed by atoms with E-state index in [1.807, 2.05) is 67.6 Å². The minimum Gasteiger partial charge on any atom is -0.461 e. The summed E-state index contributed by atoms with van der Waals surface area (Å²) >= 11 is 0. The van der Waals surface area contributed by atoms with Crippen molar-refractivity contribution in [3.8, 4) is 6.01 Å². The topological polar surface area (TPSA) is 56.6 Å². The van der Waals surface area contributed by atoms with Crippen molar-refractivity contribution in [2.45, 2.75) is 51.9 Å². The molecule has 0 spiro atoms. The highest BCUT2D eigenvalue weighted by Crippen LogP contribution is 2.37. The van der Waals surface area contributed by atoms with E-state index in [1.165, 1.54) is 0 Å². The quantitative estimate of drug-likeness (QED) is 0.295. The molecule has 6 heteroatoms. The van der Waals surface area contributed by atoms with Gasteiger partial charge < -0.3 is 9.16 Å². The van der Waals surface area contributed by atoms with Crippen LogP contribution >= 0.6 is 0 Å². The number of hydrogen-bond donors (Lipinski definition) is 0. The average Bonchev–Trinajstić information content (AvgIpc) is 2.77. The van der Waals surface area contributed by atoms with Crippen molar-refractivity contribution in [2.75, 3.05) is 6.61 Å². The Morgan fingerprint density at radius 2 is 1.41 bits per heavy atom. The maximum Gasteiger partial charge on any atom is 0.316 e. The van der Waals surface area contributed by atoms with Crippen LogP contribution < -0.4 is 4.74 Å². The van der Waals surface area contributed by atoms with Crippen LogP contribution in [0, 0.1) is 0 Å². The number of rotatable bonds is 8. The summed E-state index contributed by atoms with van der Waals surface area (Å²) in [6.45, 7) is 13.6. The second-order valence-electron chi connectivity index (χ2n) is 9.42. The number of aliphatic imine (C=N–C) groups is 1. The van der Waals surface area contributed by atoms with Gasteiger partial charge in [-0.1, -0.05) is 81.4 Å². The van der Waals surface area contributed by atoms with E-state index < -0.39 is 8.32 Å². The molecule has 0 radical (unpaired) electrons. The first kappa shape index (κ1) is 23.8. The van der Waals surface area contributed by atoms with Crippen LogP contribution in [0.5, 0.6) is 6.01 Å². The minimum atomic E-state index is -1.84. The van der Waals surface area contributed by atoms with Crippen molar-refractivity contribution < 1.29 is 9.16 Å². The molecule has 0 aliphatic carbocycles. The van der Waals surface area contributed by atoms with E-state index in [9.17, 15) is 0 Å². The molecule has 0 amide bonds. The van der Waals surface area contributed by atoms with Gasteiger partial charge in [-0.25, -0.2) is 15.0 Å². The maximum atomic E-state index is 6.33. The summed E-state index contributed by atoms with van der Waals surface area (Å²) in [6, 6.07) is 20.6. The fourth-order valence-corrected chi connectivity index (χ4v) is 4.39. The Balaban J connectivity index is 1.71. The van der Waals surface area contributed by atoms with Crippen LogP contribution in [-0.2, 0) is 4.43 Å². The van der Waals surface area contributed by atoms with E-state index in [0.717, 1.165) is 16.8 Å². The van der Waals surface area contributed by atoms with Gasteiger partial charge >= 0.3 is 6.01 Å². The van der Waals surface area contributed by atoms with E-state index >= 15 is 0 Å². The Hall–Kier alpha value is -2.83. The largest absolute Gasteiger partial charge is 0.461 e. The molecule has 168 valence electrons. The first-order valence-electron chi connectivity index (χ1n) is 11.0. The van der Waals surface area contributed by atoms with Gasteiger partial charge in [0.2, 0.25) is 0 Å². The lowest BCUT2D eigenvalue weighted by Crippen LogP contribution is -2.44. The number of nitrogens with zero attached hydrogens (tertiary/aromatic N) is 3. The Labute approximate surface area is 192 Å². The number of ether oxygens (including phenoxy) is 1. The highest BCUT2D eigenvalue weighted by molar-refractivity contribution is 6.74. The fourth-order valence-electron chi connectivity index (χ4n) is 2.96. The Kier molecular flexibility index (Phi) is 7.59. The molecule has 2 aromatic carbocycles. The normalized spacial score (nSPS) is 12.8. The summed E-state index contributed by atoms with van der Waals surface area (Å²) in [5.41, 5.74) is 3.62. The van der Waals surface area contributed by atoms with E-state index in [0.29, 0.717) is 18.3 Å². The molecule has 3 rings (SSSR count). The van der Waals surface area contributed by atoms with Crippen LogP contribution in [0.4, 0.5) is 5.69 Å². The molecule has 3 aromatic rings. The molecule has 0 fully saturated rings. The fraction of sp³-hybridized carbons (Fsp3) is 0.346. The zero-order valence-corrected chi connectivity index (χ0v) is 20.9. The van der Waals surface area contributed by atoms with Gasteiger partial charge in [-0.2, -0.15) is 0 Å². The first-order chi connectivity index (χ1) is 15.2. The zero-order chi connectivity index (χ0) is 23.2. The molecule has 0 aliphatic rings. The predicted molar refractivity (Wildman–Crippen MR) is 133 cm³/mol. The van der Waals surface area contributed by atoms with E-state index in [-0.39, 0.29) is 11.1 Å². The average molecular weight is 448 g/mol. The molecule has 0 bridgehead atoms. The van der Waals surface area contributed by atoms with Gasteiger partial charge in [-0.15, -0.1) is 0 Å². The van der Waals surface area contributed by atoms with Crippen LogP contribution in [0.15, 0.2) is 78.0 Å². The summed E-state index contributed by atoms with van der Waals surface area (Å²) < 4.78 is 12.1. The van der Waals surface area contributed by atoms with Gasteiger partial charge in [0.25, 0.3) is 0 Å². The summed E-state index contributed by atoms with van der Waals surface area (Å²) in [5, 5.41) is 0.159. The van der Waals surface area contributed by atoms with Crippen molar-refractivity contribution in [3.05, 3.63) is 84.2 Å². The highest BCUT2D eigenvalue weighted by Gasteiger charge is 2.38. The van der Waals surface area contributed by atoms with Crippen molar-refractivity contribution in [1.82, 2.24) is 9.97 Å². The molecule has 0 unspecified atom stereocenters. The first-order valence-corrected chi connectivity index (χ1v) is 13.9. The van der Waals surface area contributed by atoms with Crippen LogP contribution in [0.3, 0.4) is 0 Å². The highest BCUT2D eigenvalue weighted by atomic mass is 28.4. The molecule has 1 heterocycles. The van der Waals surface area contributed by atoms with Gasteiger partial charge in [0.15, 0.2) is 8.32 Å². The lowest BCUT2D eigenvalue weighted by molar-refractivity contribution is 0.123. The van der Waals surface area contributed by atoms with Crippen LogP contribution in [-0.4, -0.2) is 36.7 Å². The molecule has 1 atom stereocenters. The summed E-state index contributed by atoms with van der Waals surface area (Å²) in [5.74, 6) is 0. The Morgan fingerprint density at radius 3 is 1.88 bits per heavy atom. The van der Waals surface area contributed by atoms with E-state index in [4.69, 9.17) is 14.2 Å². The molecular formula is C26H33N3O2Si. The second-order valence-corrected chi connectivity index (χ2v) is 14.2. The number of hydrogen-bond acceptors (Lipinski definition) is 5. The molecule has 0 aliphatic heterocycles. The third-order valence-corrected chi connectivity index (χ3v) is 10.3. The number of aromatic nitrogens is 2. The van der Waals surface area contributed by atoms with Crippen molar-refractivity contribution in [2.24, 2.45) is 4.99 Å². The zero-order valence-electron chi connectivity index (χ0n) is 19.9. The van der Waals surface area contributed by atoms with Crippen molar-refractivity contribution >= 4 is 19.7 Å². The molecular weight excluding hydrogens is 414 g/mol. The lowest BCUT2D eigenvalue weighted by Gasteiger charge is -2.38. The van der Waals surface area contributed by atoms with Gasteiger partial charge in [-0.05, 0) is 25.1 Å². The molecule has 32 heavy (non-hydrogen) atoms. The van der Waals surface area contributed by atoms with Gasteiger partial charge in [0.05, 0.1) is 24.2 Å². The Bertz CT molecular complexity index is 973. The van der Waals surface area contributed by atoms with Crippen LogP contribution in [0.25, 0.3) is 0 Å². The third-order valence-electron chi connectivity index (χ3n) is 5.70. The van der Waals surface area contributed by atoms with Crippen molar-refractivity contribution in [3.63, 3.8) is 0 Å². The molecule has 0 N–H and O–H groups in total. The summed E-state index contributed by atoms with van der Waals surface area (Å²) in [7, 11) is -1.84.